The van der Waals surface area contributed by atoms with Crippen LogP contribution in [0.25, 0.3) is 93.6 Å². The van der Waals surface area contributed by atoms with E-state index in [1.54, 1.807) is 0 Å². The minimum atomic E-state index is 1.14. The highest BCUT2D eigenvalue weighted by atomic mass is 15.0. The van der Waals surface area contributed by atoms with Crippen LogP contribution in [-0.2, 0) is 0 Å². The molecular formula is C48H31N3. The van der Waals surface area contributed by atoms with E-state index >= 15 is 0 Å². The van der Waals surface area contributed by atoms with Gasteiger partial charge in [0, 0.05) is 49.4 Å². The number of hydrogen-bond acceptors (Lipinski definition) is 0. The smallest absolute Gasteiger partial charge is 0.0562 e. The highest BCUT2D eigenvalue weighted by Gasteiger charge is 2.18. The molecule has 3 nitrogen and oxygen atoms in total. The normalized spacial score (nSPS) is 11.9. The van der Waals surface area contributed by atoms with Crippen molar-refractivity contribution < 1.29 is 0 Å². The van der Waals surface area contributed by atoms with Crippen LogP contribution in [0.15, 0.2) is 188 Å². The van der Waals surface area contributed by atoms with E-state index in [2.05, 4.69) is 202 Å². The lowest BCUT2D eigenvalue weighted by Crippen LogP contribution is -1.96. The van der Waals surface area contributed by atoms with Gasteiger partial charge in [-0.2, -0.15) is 0 Å². The molecule has 0 amide bonds. The van der Waals surface area contributed by atoms with E-state index in [-0.39, 0.29) is 0 Å². The van der Waals surface area contributed by atoms with Crippen molar-refractivity contribution in [1.29, 1.82) is 0 Å². The Bertz CT molecular complexity index is 3070. The van der Waals surface area contributed by atoms with Gasteiger partial charge in [0.25, 0.3) is 0 Å². The number of hydrogen-bond donors (Lipinski definition) is 0. The molecule has 51 heavy (non-hydrogen) atoms. The molecule has 11 aromatic rings. The molecule has 3 heteroatoms. The minimum absolute atomic E-state index is 1.14. The third kappa shape index (κ3) is 4.12. The lowest BCUT2D eigenvalue weighted by Gasteiger charge is -2.12. The van der Waals surface area contributed by atoms with E-state index in [0.717, 1.165) is 11.4 Å². The quantitative estimate of drug-likeness (QED) is 0.180. The van der Waals surface area contributed by atoms with Crippen molar-refractivity contribution in [3.05, 3.63) is 188 Å². The molecule has 0 atom stereocenters. The highest BCUT2D eigenvalue weighted by molar-refractivity contribution is 6.19. The van der Waals surface area contributed by atoms with Gasteiger partial charge in [0.2, 0.25) is 0 Å². The third-order valence-corrected chi connectivity index (χ3v) is 10.6. The Hall–Kier alpha value is -6.84. The number of nitrogens with zero attached hydrogens (tertiary/aromatic N) is 3. The molecule has 11 rings (SSSR count). The van der Waals surface area contributed by atoms with E-state index in [4.69, 9.17) is 0 Å². The van der Waals surface area contributed by atoms with Crippen molar-refractivity contribution in [3.8, 4) is 28.2 Å². The number of rotatable bonds is 4. The summed E-state index contributed by atoms with van der Waals surface area (Å²) < 4.78 is 7.21. The first-order valence-electron chi connectivity index (χ1n) is 17.5. The molecule has 0 bridgehead atoms. The van der Waals surface area contributed by atoms with Gasteiger partial charge in [0.1, 0.15) is 0 Å². The molecule has 0 radical (unpaired) electrons. The molecule has 8 aromatic carbocycles. The van der Waals surface area contributed by atoms with Gasteiger partial charge in [-0.1, -0.05) is 115 Å². The van der Waals surface area contributed by atoms with E-state index in [0.29, 0.717) is 0 Å². The summed E-state index contributed by atoms with van der Waals surface area (Å²) in [5.41, 5.74) is 13.1. The second-order valence-corrected chi connectivity index (χ2v) is 13.4. The summed E-state index contributed by atoms with van der Waals surface area (Å²) in [6.45, 7) is 0. The number of benzene rings is 8. The maximum absolute atomic E-state index is 2.43. The van der Waals surface area contributed by atoms with Crippen LogP contribution in [0.1, 0.15) is 0 Å². The Labute approximate surface area is 294 Å². The Morgan fingerprint density at radius 2 is 0.627 bits per heavy atom. The Kier molecular flexibility index (Phi) is 5.96. The fourth-order valence-electron chi connectivity index (χ4n) is 8.39. The van der Waals surface area contributed by atoms with Crippen molar-refractivity contribution in [3.63, 3.8) is 0 Å². The molecule has 3 aromatic heterocycles. The Morgan fingerprint density at radius 3 is 1.16 bits per heavy atom. The first kappa shape index (κ1) is 28.0. The topological polar surface area (TPSA) is 14.8 Å². The van der Waals surface area contributed by atoms with Gasteiger partial charge in [-0.05, 0) is 83.9 Å². The molecule has 0 saturated carbocycles. The van der Waals surface area contributed by atoms with Gasteiger partial charge in [0.05, 0.1) is 33.1 Å². The van der Waals surface area contributed by atoms with Gasteiger partial charge in [0.15, 0.2) is 0 Å². The molecule has 238 valence electrons. The monoisotopic (exact) mass is 649 g/mol. The summed E-state index contributed by atoms with van der Waals surface area (Å²) in [6, 6.07) is 68.4. The molecule has 0 spiro atoms. The van der Waals surface area contributed by atoms with Crippen molar-refractivity contribution in [2.24, 2.45) is 0 Å². The van der Waals surface area contributed by atoms with Gasteiger partial charge in [-0.3, -0.25) is 0 Å². The minimum Gasteiger partial charge on any atom is -0.309 e. The van der Waals surface area contributed by atoms with E-state index < -0.39 is 0 Å². The molecule has 3 heterocycles. The van der Waals surface area contributed by atoms with Crippen LogP contribution in [0.3, 0.4) is 0 Å². The average Bonchev–Trinajstić information content (AvgIpc) is 3.83. The van der Waals surface area contributed by atoms with Crippen molar-refractivity contribution in [1.82, 2.24) is 13.7 Å². The summed E-state index contributed by atoms with van der Waals surface area (Å²) in [6.07, 6.45) is 0. The molecule has 0 aliphatic carbocycles. The average molecular weight is 650 g/mol. The standard InChI is InChI=1S/C48H31N3/c1-2-14-34(15-3-1)49-45-23-10-6-19-39(45)41-30-42-40-20-7-11-24-46(40)50(48(42)31-47(41)49)35-27-25-32(26-28-35)33-13-12-16-36(29-33)51-43-21-8-4-17-37(43)38-18-5-9-22-44(38)51/h1-31H. The van der Waals surface area contributed by atoms with Crippen LogP contribution < -0.4 is 0 Å². The van der Waals surface area contributed by atoms with Crippen LogP contribution in [0.5, 0.6) is 0 Å². The SMILES string of the molecule is c1ccc(-n2c3ccccc3c3cc4c5ccccc5n(-c5ccc(-c6cccc(-n7c8ccccc8c8ccccc87)c6)cc5)c4cc32)cc1. The number of para-hydroxylation sites is 5. The molecule has 0 N–H and O–H groups in total. The van der Waals surface area contributed by atoms with Crippen molar-refractivity contribution in [2.75, 3.05) is 0 Å². The Balaban J connectivity index is 1.08. The van der Waals surface area contributed by atoms with Crippen LogP contribution in [0, 0.1) is 0 Å². The predicted octanol–water partition coefficient (Wildman–Crippen LogP) is 12.6. The lowest BCUT2D eigenvalue weighted by molar-refractivity contribution is 1.16. The zero-order valence-electron chi connectivity index (χ0n) is 27.7. The second-order valence-electron chi connectivity index (χ2n) is 13.4. The molecule has 0 aliphatic rings. The fraction of sp³-hybridized carbons (Fsp3) is 0. The molecule has 0 aliphatic heterocycles. The maximum atomic E-state index is 2.43. The number of fused-ring (bicyclic) bond motifs is 9. The van der Waals surface area contributed by atoms with Gasteiger partial charge < -0.3 is 13.7 Å². The van der Waals surface area contributed by atoms with Crippen molar-refractivity contribution in [2.45, 2.75) is 0 Å². The van der Waals surface area contributed by atoms with Gasteiger partial charge in [-0.25, -0.2) is 0 Å². The molecule has 0 saturated heterocycles. The maximum Gasteiger partial charge on any atom is 0.0562 e. The van der Waals surface area contributed by atoms with Crippen LogP contribution in [-0.4, -0.2) is 13.7 Å². The zero-order chi connectivity index (χ0) is 33.5. The molecular weight excluding hydrogens is 619 g/mol. The van der Waals surface area contributed by atoms with E-state index in [1.165, 1.54) is 82.2 Å². The summed E-state index contributed by atoms with van der Waals surface area (Å²) in [5, 5.41) is 7.60. The predicted molar refractivity (Wildman–Crippen MR) is 215 cm³/mol. The van der Waals surface area contributed by atoms with Crippen molar-refractivity contribution >= 4 is 65.4 Å². The largest absolute Gasteiger partial charge is 0.309 e. The van der Waals surface area contributed by atoms with Crippen LogP contribution in [0.4, 0.5) is 0 Å². The Morgan fingerprint density at radius 1 is 0.216 bits per heavy atom. The van der Waals surface area contributed by atoms with E-state index in [9.17, 15) is 0 Å². The lowest BCUT2D eigenvalue weighted by atomic mass is 10.0. The summed E-state index contributed by atoms with van der Waals surface area (Å²) >= 11 is 0. The highest BCUT2D eigenvalue weighted by Crippen LogP contribution is 2.40. The van der Waals surface area contributed by atoms with Gasteiger partial charge >= 0.3 is 0 Å². The number of aromatic nitrogens is 3. The van der Waals surface area contributed by atoms with E-state index in [1.807, 2.05) is 0 Å². The summed E-state index contributed by atoms with van der Waals surface area (Å²) in [4.78, 5) is 0. The first-order chi connectivity index (χ1) is 25.3. The first-order valence-corrected chi connectivity index (χ1v) is 17.5. The summed E-state index contributed by atoms with van der Waals surface area (Å²) in [7, 11) is 0. The molecule has 0 fully saturated rings. The van der Waals surface area contributed by atoms with Crippen LogP contribution in [0.2, 0.25) is 0 Å². The van der Waals surface area contributed by atoms with Crippen LogP contribution >= 0.6 is 0 Å². The van der Waals surface area contributed by atoms with Gasteiger partial charge in [-0.15, -0.1) is 0 Å². The zero-order valence-corrected chi connectivity index (χ0v) is 27.7. The summed E-state index contributed by atoms with van der Waals surface area (Å²) in [5.74, 6) is 0. The third-order valence-electron chi connectivity index (χ3n) is 10.6. The molecule has 0 unspecified atom stereocenters. The fourth-order valence-corrected chi connectivity index (χ4v) is 8.39. The second kappa shape index (κ2) is 10.8.